The zero-order valence-electron chi connectivity index (χ0n) is 27.5. The number of nitrogens with zero attached hydrogens (tertiary/aromatic N) is 5. The third-order valence-electron chi connectivity index (χ3n) is 10.1. The van der Waals surface area contributed by atoms with Gasteiger partial charge in [-0.15, -0.1) is 0 Å². The maximum atomic E-state index is 5.03. The lowest BCUT2D eigenvalue weighted by molar-refractivity contribution is 0.667. The molecule has 0 radical (unpaired) electrons. The normalized spacial score (nSPS) is 12.9. The lowest BCUT2D eigenvalue weighted by Crippen LogP contribution is -2.06. The molecule has 0 saturated carbocycles. The Morgan fingerprint density at radius 2 is 0.920 bits per heavy atom. The van der Waals surface area contributed by atoms with E-state index in [0.717, 1.165) is 35.2 Å². The molecule has 3 aromatic heterocycles. The second kappa shape index (κ2) is 11.7. The Kier molecular flexibility index (Phi) is 6.69. The summed E-state index contributed by atoms with van der Waals surface area (Å²) in [5.74, 6) is 1.97. The first kappa shape index (κ1) is 28.7. The minimum atomic E-state index is 0.650. The van der Waals surface area contributed by atoms with E-state index in [1.165, 1.54) is 62.5 Å². The maximum Gasteiger partial charge on any atom is 0.164 e. The summed E-state index contributed by atoms with van der Waals surface area (Å²) in [7, 11) is 0. The lowest BCUT2D eigenvalue weighted by atomic mass is 9.95. The fourth-order valence-electron chi connectivity index (χ4n) is 7.87. The summed E-state index contributed by atoms with van der Waals surface area (Å²) >= 11 is 0. The number of benzene rings is 6. The molecule has 0 bridgehead atoms. The Labute approximate surface area is 290 Å². The summed E-state index contributed by atoms with van der Waals surface area (Å²) in [4.78, 5) is 15.0. The molecule has 10 rings (SSSR count). The van der Waals surface area contributed by atoms with Gasteiger partial charge in [0.1, 0.15) is 0 Å². The third-order valence-corrected chi connectivity index (χ3v) is 10.1. The van der Waals surface area contributed by atoms with Gasteiger partial charge in [-0.3, -0.25) is 0 Å². The minimum absolute atomic E-state index is 0.650. The van der Waals surface area contributed by atoms with E-state index >= 15 is 0 Å². The van der Waals surface area contributed by atoms with E-state index in [-0.39, 0.29) is 0 Å². The van der Waals surface area contributed by atoms with Gasteiger partial charge in [0.25, 0.3) is 0 Å². The summed E-state index contributed by atoms with van der Waals surface area (Å²) in [6, 6.07) is 53.5. The quantitative estimate of drug-likeness (QED) is 0.187. The number of rotatable bonds is 5. The molecule has 0 saturated heterocycles. The second-order valence-corrected chi connectivity index (χ2v) is 13.1. The van der Waals surface area contributed by atoms with Gasteiger partial charge >= 0.3 is 0 Å². The molecule has 0 spiro atoms. The van der Waals surface area contributed by atoms with Gasteiger partial charge in [-0.25, -0.2) is 15.0 Å². The molecular weight excluding hydrogens is 611 g/mol. The molecule has 0 N–H and O–H groups in total. The zero-order valence-corrected chi connectivity index (χ0v) is 27.5. The summed E-state index contributed by atoms with van der Waals surface area (Å²) in [6.45, 7) is 0. The highest BCUT2D eigenvalue weighted by molar-refractivity contribution is 6.14. The van der Waals surface area contributed by atoms with Crippen LogP contribution in [0.15, 0.2) is 152 Å². The number of para-hydroxylation sites is 2. The fraction of sp³-hybridized carbons (Fsp3) is 0.0889. The van der Waals surface area contributed by atoms with Gasteiger partial charge < -0.3 is 9.13 Å². The van der Waals surface area contributed by atoms with Crippen LogP contribution in [0.4, 0.5) is 0 Å². The highest BCUT2D eigenvalue weighted by Gasteiger charge is 2.24. The molecule has 9 aromatic rings. The molecule has 50 heavy (non-hydrogen) atoms. The van der Waals surface area contributed by atoms with E-state index < -0.39 is 0 Å². The van der Waals surface area contributed by atoms with Crippen molar-refractivity contribution in [2.45, 2.75) is 25.7 Å². The summed E-state index contributed by atoms with van der Waals surface area (Å²) in [6.07, 6.45) is 4.67. The van der Waals surface area contributed by atoms with Crippen LogP contribution in [0.1, 0.15) is 24.1 Å². The smallest absolute Gasteiger partial charge is 0.164 e. The van der Waals surface area contributed by atoms with Crippen LogP contribution in [-0.4, -0.2) is 24.1 Å². The molecule has 0 unspecified atom stereocenters. The highest BCUT2D eigenvalue weighted by atomic mass is 15.0. The van der Waals surface area contributed by atoms with Crippen LogP contribution < -0.4 is 0 Å². The van der Waals surface area contributed by atoms with Crippen LogP contribution >= 0.6 is 0 Å². The standard InChI is InChI=1S/C45H33N5/c1-4-15-30(16-5-1)43-46-44(31-17-6-2-7-18-31)48-45(47-43)32-19-14-22-34(27-32)50-40-26-13-11-24-36(40)38-28-41-37(29-42(38)50)35-23-10-12-25-39(35)49(41)33-20-8-3-9-21-33/h1-9,11,13-22,24,26-29H,10,12,23,25H2. The van der Waals surface area contributed by atoms with Crippen molar-refractivity contribution in [2.24, 2.45) is 0 Å². The molecule has 1 aliphatic carbocycles. The van der Waals surface area contributed by atoms with E-state index in [2.05, 4.69) is 100 Å². The Balaban J connectivity index is 1.20. The SMILES string of the molecule is c1ccc(-c2nc(-c3ccccc3)nc(-c3cccc(-n4c5ccccc5c5cc6c(cc54)c4c(n6-c5ccccc5)CCCC4)c3)n2)cc1. The number of fused-ring (bicyclic) bond motifs is 6. The van der Waals surface area contributed by atoms with E-state index in [0.29, 0.717) is 17.5 Å². The average molecular weight is 644 g/mol. The molecule has 5 nitrogen and oxygen atoms in total. The molecule has 0 fully saturated rings. The van der Waals surface area contributed by atoms with Crippen LogP contribution in [0.2, 0.25) is 0 Å². The average Bonchev–Trinajstić information content (AvgIpc) is 3.70. The van der Waals surface area contributed by atoms with Gasteiger partial charge in [-0.1, -0.05) is 109 Å². The van der Waals surface area contributed by atoms with Crippen molar-refractivity contribution in [3.05, 3.63) is 163 Å². The van der Waals surface area contributed by atoms with Crippen molar-refractivity contribution < 1.29 is 0 Å². The van der Waals surface area contributed by atoms with E-state index in [1.807, 2.05) is 60.7 Å². The Bertz CT molecular complexity index is 2630. The topological polar surface area (TPSA) is 48.5 Å². The van der Waals surface area contributed by atoms with Crippen LogP contribution in [0, 0.1) is 0 Å². The highest BCUT2D eigenvalue weighted by Crippen LogP contribution is 2.41. The van der Waals surface area contributed by atoms with Crippen molar-refractivity contribution in [1.29, 1.82) is 0 Å². The predicted octanol–water partition coefficient (Wildman–Crippen LogP) is 10.8. The first-order valence-electron chi connectivity index (χ1n) is 17.4. The van der Waals surface area contributed by atoms with Crippen molar-refractivity contribution in [3.63, 3.8) is 0 Å². The van der Waals surface area contributed by atoms with Gasteiger partial charge in [0.15, 0.2) is 17.5 Å². The third kappa shape index (κ3) is 4.66. The monoisotopic (exact) mass is 643 g/mol. The van der Waals surface area contributed by atoms with Crippen molar-refractivity contribution in [1.82, 2.24) is 24.1 Å². The molecule has 0 amide bonds. The molecule has 6 aromatic carbocycles. The van der Waals surface area contributed by atoms with Crippen LogP contribution in [0.3, 0.4) is 0 Å². The Morgan fingerprint density at radius 1 is 0.380 bits per heavy atom. The van der Waals surface area contributed by atoms with Gasteiger partial charge in [0, 0.05) is 49.9 Å². The number of hydrogen-bond acceptors (Lipinski definition) is 3. The zero-order chi connectivity index (χ0) is 33.0. The van der Waals surface area contributed by atoms with E-state index in [9.17, 15) is 0 Å². The van der Waals surface area contributed by atoms with E-state index in [4.69, 9.17) is 15.0 Å². The summed E-state index contributed by atoms with van der Waals surface area (Å²) in [5, 5.41) is 3.85. The van der Waals surface area contributed by atoms with Crippen molar-refractivity contribution >= 4 is 32.7 Å². The lowest BCUT2D eigenvalue weighted by Gasteiger charge is -2.16. The van der Waals surface area contributed by atoms with Crippen molar-refractivity contribution in [2.75, 3.05) is 0 Å². The fourth-order valence-corrected chi connectivity index (χ4v) is 7.87. The van der Waals surface area contributed by atoms with Gasteiger partial charge in [-0.05, 0) is 73.7 Å². The number of aromatic nitrogens is 5. The second-order valence-electron chi connectivity index (χ2n) is 13.1. The molecule has 238 valence electrons. The molecule has 3 heterocycles. The van der Waals surface area contributed by atoms with E-state index in [1.54, 1.807) is 0 Å². The largest absolute Gasteiger partial charge is 0.313 e. The Hall–Kier alpha value is -6.33. The molecular formula is C45H33N5. The van der Waals surface area contributed by atoms with Crippen molar-refractivity contribution in [3.8, 4) is 45.5 Å². The van der Waals surface area contributed by atoms with Crippen LogP contribution in [-0.2, 0) is 12.8 Å². The predicted molar refractivity (Wildman–Crippen MR) is 204 cm³/mol. The van der Waals surface area contributed by atoms with Crippen LogP contribution in [0.5, 0.6) is 0 Å². The van der Waals surface area contributed by atoms with Gasteiger partial charge in [0.05, 0.1) is 16.6 Å². The maximum absolute atomic E-state index is 5.03. The number of hydrogen-bond donors (Lipinski definition) is 0. The molecule has 5 heteroatoms. The van der Waals surface area contributed by atoms with Gasteiger partial charge in [-0.2, -0.15) is 0 Å². The van der Waals surface area contributed by atoms with Crippen LogP contribution in [0.25, 0.3) is 78.2 Å². The Morgan fingerprint density at radius 3 is 1.64 bits per heavy atom. The summed E-state index contributed by atoms with van der Waals surface area (Å²) in [5.41, 5.74) is 11.8. The number of aryl methyl sites for hydroxylation is 1. The molecule has 1 aliphatic rings. The molecule has 0 aliphatic heterocycles. The minimum Gasteiger partial charge on any atom is -0.313 e. The van der Waals surface area contributed by atoms with Gasteiger partial charge in [0.2, 0.25) is 0 Å². The first-order chi connectivity index (χ1) is 24.8. The molecule has 0 atom stereocenters. The first-order valence-corrected chi connectivity index (χ1v) is 17.4. The summed E-state index contributed by atoms with van der Waals surface area (Å²) < 4.78 is 4.94.